The highest BCUT2D eigenvalue weighted by molar-refractivity contribution is 5.97. The van der Waals surface area contributed by atoms with Crippen molar-refractivity contribution in [2.75, 3.05) is 7.11 Å². The maximum absolute atomic E-state index is 12.6. The largest absolute Gasteiger partial charge is 0.467 e. The summed E-state index contributed by atoms with van der Waals surface area (Å²) < 4.78 is 4.85. The third kappa shape index (κ3) is 4.61. The summed E-state index contributed by atoms with van der Waals surface area (Å²) in [7, 11) is 1.29. The predicted molar refractivity (Wildman–Crippen MR) is 102 cm³/mol. The molecule has 2 atom stereocenters. The summed E-state index contributed by atoms with van der Waals surface area (Å²) in [4.78, 5) is 36.6. The molecule has 1 aliphatic carbocycles. The summed E-state index contributed by atoms with van der Waals surface area (Å²) in [5.74, 6) is -0.945. The molecule has 0 unspecified atom stereocenters. The Balaban J connectivity index is 1.73. The van der Waals surface area contributed by atoms with Crippen molar-refractivity contribution in [2.24, 2.45) is 5.92 Å². The molecule has 2 aromatic rings. The van der Waals surface area contributed by atoms with Crippen molar-refractivity contribution in [2.45, 2.75) is 31.7 Å². The van der Waals surface area contributed by atoms with Gasteiger partial charge in [0.2, 0.25) is 0 Å². The van der Waals surface area contributed by atoms with Crippen LogP contribution >= 0.6 is 0 Å². The zero-order valence-electron chi connectivity index (χ0n) is 15.3. The highest BCUT2D eigenvalue weighted by atomic mass is 16.5. The summed E-state index contributed by atoms with van der Waals surface area (Å²) >= 11 is 0. The fourth-order valence-electron chi connectivity index (χ4n) is 3.51. The van der Waals surface area contributed by atoms with E-state index in [1.165, 1.54) is 7.11 Å². The molecule has 0 bridgehead atoms. The molecule has 0 aromatic heterocycles. The van der Waals surface area contributed by atoms with E-state index in [4.69, 9.17) is 4.74 Å². The summed E-state index contributed by atoms with van der Waals surface area (Å²) in [6.07, 6.45) is 2.30. The van der Waals surface area contributed by atoms with E-state index < -0.39 is 12.0 Å². The van der Waals surface area contributed by atoms with Crippen LogP contribution in [0.5, 0.6) is 0 Å². The normalized spacial score (nSPS) is 17.8. The van der Waals surface area contributed by atoms with E-state index in [1.807, 2.05) is 42.5 Å². The summed E-state index contributed by atoms with van der Waals surface area (Å²) in [5, 5.41) is 2.77. The Morgan fingerprint density at radius 3 is 2.33 bits per heavy atom. The lowest BCUT2D eigenvalue weighted by Gasteiger charge is -2.28. The number of carbonyl (C=O) groups excluding carboxylic acids is 3. The molecular formula is C22H23NO4. The summed E-state index contributed by atoms with van der Waals surface area (Å²) in [6, 6.07) is 16.3. The first-order chi connectivity index (χ1) is 13.1. The summed E-state index contributed by atoms with van der Waals surface area (Å²) in [5.41, 5.74) is 2.54. The minimum absolute atomic E-state index is 0.126. The zero-order chi connectivity index (χ0) is 19.2. The highest BCUT2D eigenvalue weighted by Crippen LogP contribution is 2.25. The SMILES string of the molecule is COC(=O)[C@@H](NC(=O)c1ccc(-c2ccccc2)cc1)[C@@H]1CCCC(=O)C1. The molecule has 1 amide bonds. The Bertz CT molecular complexity index is 814. The molecule has 2 aromatic carbocycles. The molecule has 0 heterocycles. The fourth-order valence-corrected chi connectivity index (χ4v) is 3.51. The number of ketones is 1. The quantitative estimate of drug-likeness (QED) is 0.825. The lowest BCUT2D eigenvalue weighted by atomic mass is 9.83. The van der Waals surface area contributed by atoms with Crippen molar-refractivity contribution in [1.82, 2.24) is 5.32 Å². The van der Waals surface area contributed by atoms with Crippen LogP contribution in [-0.2, 0) is 14.3 Å². The number of nitrogens with one attached hydrogen (secondary N) is 1. The number of esters is 1. The average molecular weight is 365 g/mol. The van der Waals surface area contributed by atoms with Gasteiger partial charge in [-0.2, -0.15) is 0 Å². The number of hydrogen-bond acceptors (Lipinski definition) is 4. The summed E-state index contributed by atoms with van der Waals surface area (Å²) in [6.45, 7) is 0. The second-order valence-corrected chi connectivity index (χ2v) is 6.81. The van der Waals surface area contributed by atoms with Crippen LogP contribution in [0.25, 0.3) is 11.1 Å². The molecule has 3 rings (SSSR count). The highest BCUT2D eigenvalue weighted by Gasteiger charge is 2.34. The van der Waals surface area contributed by atoms with Crippen molar-refractivity contribution in [3.8, 4) is 11.1 Å². The van der Waals surface area contributed by atoms with E-state index in [2.05, 4.69) is 5.32 Å². The molecule has 1 N–H and O–H groups in total. The van der Waals surface area contributed by atoms with E-state index in [9.17, 15) is 14.4 Å². The molecule has 0 aliphatic heterocycles. The van der Waals surface area contributed by atoms with Crippen molar-refractivity contribution in [3.63, 3.8) is 0 Å². The minimum atomic E-state index is -0.805. The molecule has 27 heavy (non-hydrogen) atoms. The van der Waals surface area contributed by atoms with Gasteiger partial charge in [0.05, 0.1) is 7.11 Å². The van der Waals surface area contributed by atoms with Gasteiger partial charge in [0.15, 0.2) is 0 Å². The average Bonchev–Trinajstić information content (AvgIpc) is 2.72. The van der Waals surface area contributed by atoms with E-state index in [0.29, 0.717) is 18.4 Å². The molecule has 5 heteroatoms. The van der Waals surface area contributed by atoms with E-state index in [-0.39, 0.29) is 17.6 Å². The van der Waals surface area contributed by atoms with Gasteiger partial charge in [0, 0.05) is 18.4 Å². The van der Waals surface area contributed by atoms with Crippen LogP contribution in [0.2, 0.25) is 0 Å². The standard InChI is InChI=1S/C22H23NO4/c1-27-22(26)20(18-8-5-9-19(24)14-18)23-21(25)17-12-10-16(11-13-17)15-6-3-2-4-7-15/h2-4,6-7,10-13,18,20H,5,8-9,14H2,1H3,(H,23,25)/t18-,20+/m1/s1. The van der Waals surface area contributed by atoms with Gasteiger partial charge in [-0.3, -0.25) is 9.59 Å². The van der Waals surface area contributed by atoms with Gasteiger partial charge in [0.1, 0.15) is 11.8 Å². The van der Waals surface area contributed by atoms with Crippen molar-refractivity contribution in [3.05, 3.63) is 60.2 Å². The van der Waals surface area contributed by atoms with Gasteiger partial charge in [-0.15, -0.1) is 0 Å². The van der Waals surface area contributed by atoms with Gasteiger partial charge in [-0.25, -0.2) is 4.79 Å². The number of methoxy groups -OCH3 is 1. The second kappa shape index (κ2) is 8.62. The molecule has 0 spiro atoms. The number of ether oxygens (including phenoxy) is 1. The van der Waals surface area contributed by atoms with Gasteiger partial charge in [0.25, 0.3) is 5.91 Å². The maximum atomic E-state index is 12.6. The molecule has 5 nitrogen and oxygen atoms in total. The lowest BCUT2D eigenvalue weighted by molar-refractivity contribution is -0.145. The van der Waals surface area contributed by atoms with E-state index >= 15 is 0 Å². The second-order valence-electron chi connectivity index (χ2n) is 6.81. The van der Waals surface area contributed by atoms with Crippen LogP contribution in [0, 0.1) is 5.92 Å². The van der Waals surface area contributed by atoms with E-state index in [0.717, 1.165) is 24.0 Å². The van der Waals surface area contributed by atoms with Crippen molar-refractivity contribution < 1.29 is 19.1 Å². The number of benzene rings is 2. The minimum Gasteiger partial charge on any atom is -0.467 e. The Morgan fingerprint density at radius 1 is 1.04 bits per heavy atom. The first kappa shape index (κ1) is 18.8. The Morgan fingerprint density at radius 2 is 1.70 bits per heavy atom. The Labute approximate surface area is 158 Å². The third-order valence-electron chi connectivity index (χ3n) is 4.99. The molecule has 1 fully saturated rings. The van der Waals surface area contributed by atoms with E-state index in [1.54, 1.807) is 12.1 Å². The van der Waals surface area contributed by atoms with Crippen molar-refractivity contribution in [1.29, 1.82) is 0 Å². The molecule has 1 aliphatic rings. The third-order valence-corrected chi connectivity index (χ3v) is 4.99. The van der Waals surface area contributed by atoms with Crippen LogP contribution < -0.4 is 5.32 Å². The van der Waals surface area contributed by atoms with Gasteiger partial charge in [-0.1, -0.05) is 42.5 Å². The van der Waals surface area contributed by atoms with Gasteiger partial charge in [-0.05, 0) is 42.0 Å². The number of amides is 1. The number of carbonyl (C=O) groups is 3. The first-order valence-electron chi connectivity index (χ1n) is 9.14. The van der Waals surface area contributed by atoms with Crippen LogP contribution in [0.4, 0.5) is 0 Å². The van der Waals surface area contributed by atoms with Crippen LogP contribution in [0.15, 0.2) is 54.6 Å². The first-order valence-corrected chi connectivity index (χ1v) is 9.14. The molecular weight excluding hydrogens is 342 g/mol. The number of Topliss-reactive ketones (excluding diaryl/α,β-unsaturated/α-hetero) is 1. The molecule has 0 radical (unpaired) electrons. The number of rotatable bonds is 5. The Kier molecular flexibility index (Phi) is 6.01. The molecule has 140 valence electrons. The van der Waals surface area contributed by atoms with Crippen LogP contribution in [0.1, 0.15) is 36.0 Å². The van der Waals surface area contributed by atoms with Crippen LogP contribution in [0.3, 0.4) is 0 Å². The fraction of sp³-hybridized carbons (Fsp3) is 0.318. The Hall–Kier alpha value is -2.95. The van der Waals surface area contributed by atoms with Gasteiger partial charge < -0.3 is 10.1 Å². The van der Waals surface area contributed by atoms with Crippen LogP contribution in [-0.4, -0.2) is 30.8 Å². The van der Waals surface area contributed by atoms with Gasteiger partial charge >= 0.3 is 5.97 Å². The topological polar surface area (TPSA) is 72.5 Å². The predicted octanol–water partition coefficient (Wildman–Crippen LogP) is 3.38. The number of hydrogen-bond donors (Lipinski definition) is 1. The lowest BCUT2D eigenvalue weighted by Crippen LogP contribution is -2.48. The molecule has 1 saturated carbocycles. The maximum Gasteiger partial charge on any atom is 0.328 e. The van der Waals surface area contributed by atoms with Crippen molar-refractivity contribution >= 4 is 17.7 Å². The molecule has 0 saturated heterocycles. The zero-order valence-corrected chi connectivity index (χ0v) is 15.3. The monoisotopic (exact) mass is 365 g/mol. The smallest absolute Gasteiger partial charge is 0.328 e.